The minimum Gasteiger partial charge on any atom is -0.383 e. The Morgan fingerprint density at radius 3 is 3.30 bits per heavy atom. The maximum atomic E-state index is 11.3. The minimum absolute atomic E-state index is 0.317. The number of urea groups is 1. The van der Waals surface area contributed by atoms with Crippen LogP contribution in [-0.4, -0.2) is 37.7 Å². The molecular weight excluding hydrogens is 266 g/mol. The van der Waals surface area contributed by atoms with Crippen LogP contribution in [0.15, 0.2) is 27.9 Å². The SMILES string of the molecule is COCCNC(=O)N/N=C\c1ccc2c(c1)no[n+]2[O-]. The predicted molar refractivity (Wildman–Crippen MR) is 69.0 cm³/mol. The summed E-state index contributed by atoms with van der Waals surface area (Å²) in [5.41, 5.74) is 3.70. The fourth-order valence-corrected chi connectivity index (χ4v) is 1.44. The number of nitrogens with one attached hydrogen (secondary N) is 2. The molecule has 0 bridgehead atoms. The highest BCUT2D eigenvalue weighted by molar-refractivity contribution is 5.86. The van der Waals surface area contributed by atoms with Crippen molar-refractivity contribution in [1.29, 1.82) is 0 Å². The molecule has 9 heteroatoms. The molecule has 0 saturated carbocycles. The molecule has 1 aromatic heterocycles. The lowest BCUT2D eigenvalue weighted by Crippen LogP contribution is -2.34. The predicted octanol–water partition coefficient (Wildman–Crippen LogP) is -0.259. The monoisotopic (exact) mass is 279 g/mol. The van der Waals surface area contributed by atoms with Gasteiger partial charge in [-0.2, -0.15) is 5.10 Å². The summed E-state index contributed by atoms with van der Waals surface area (Å²) in [6, 6.07) is 4.39. The number of fused-ring (bicyclic) bond motifs is 1. The molecule has 20 heavy (non-hydrogen) atoms. The van der Waals surface area contributed by atoms with E-state index in [1.165, 1.54) is 6.21 Å². The highest BCUT2D eigenvalue weighted by Gasteiger charge is 2.08. The Morgan fingerprint density at radius 1 is 1.65 bits per heavy atom. The van der Waals surface area contributed by atoms with Gasteiger partial charge in [0.15, 0.2) is 0 Å². The zero-order valence-corrected chi connectivity index (χ0v) is 10.7. The van der Waals surface area contributed by atoms with Gasteiger partial charge >= 0.3 is 6.03 Å². The van der Waals surface area contributed by atoms with Crippen molar-refractivity contribution in [2.24, 2.45) is 5.10 Å². The molecule has 1 aromatic carbocycles. The fourth-order valence-electron chi connectivity index (χ4n) is 1.44. The van der Waals surface area contributed by atoms with E-state index in [-0.39, 0.29) is 0 Å². The van der Waals surface area contributed by atoms with Crippen LogP contribution in [0, 0.1) is 5.21 Å². The molecule has 0 unspecified atom stereocenters. The van der Waals surface area contributed by atoms with Crippen LogP contribution in [0.25, 0.3) is 11.0 Å². The lowest BCUT2D eigenvalue weighted by Gasteiger charge is -2.02. The second kappa shape index (κ2) is 6.48. The third-order valence-electron chi connectivity index (χ3n) is 2.38. The normalized spacial score (nSPS) is 11.1. The standard InChI is InChI=1S/C11H13N5O4/c1-19-5-4-12-11(17)14-13-7-8-2-3-10-9(6-8)15-20-16(10)18/h2-3,6-7H,4-5H2,1H3,(H2,12,14,17)/b13-7-. The number of hydrogen-bond donors (Lipinski definition) is 2. The van der Waals surface area contributed by atoms with Crippen molar-refractivity contribution in [2.75, 3.05) is 20.3 Å². The Hall–Kier alpha value is -2.68. The number of hydrazone groups is 1. The van der Waals surface area contributed by atoms with Crippen LogP contribution < -0.4 is 15.6 Å². The largest absolute Gasteiger partial charge is 0.383 e. The van der Waals surface area contributed by atoms with Crippen molar-refractivity contribution in [3.05, 3.63) is 29.0 Å². The summed E-state index contributed by atoms with van der Waals surface area (Å²) in [5.74, 6) is 0. The minimum atomic E-state index is -0.432. The van der Waals surface area contributed by atoms with Gasteiger partial charge in [0.2, 0.25) is 11.0 Å². The van der Waals surface area contributed by atoms with E-state index in [2.05, 4.69) is 25.6 Å². The van der Waals surface area contributed by atoms with Gasteiger partial charge < -0.3 is 15.3 Å². The molecule has 0 aliphatic rings. The smallest absolute Gasteiger partial charge is 0.335 e. The Kier molecular flexibility index (Phi) is 4.45. The zero-order chi connectivity index (χ0) is 14.4. The molecule has 9 nitrogen and oxygen atoms in total. The van der Waals surface area contributed by atoms with Crippen LogP contribution in [0.4, 0.5) is 4.79 Å². The number of benzene rings is 1. The average molecular weight is 279 g/mol. The summed E-state index contributed by atoms with van der Waals surface area (Å²) < 4.78 is 9.23. The molecule has 0 atom stereocenters. The van der Waals surface area contributed by atoms with Crippen molar-refractivity contribution in [3.8, 4) is 0 Å². The Bertz CT molecular complexity index is 624. The summed E-state index contributed by atoms with van der Waals surface area (Å²) in [4.78, 5) is 11.6. The van der Waals surface area contributed by atoms with Crippen molar-refractivity contribution in [2.45, 2.75) is 0 Å². The first kappa shape index (κ1) is 13.7. The summed E-state index contributed by atoms with van der Waals surface area (Å²) in [6.45, 7) is 0.821. The number of rotatable bonds is 5. The third kappa shape index (κ3) is 3.42. The van der Waals surface area contributed by atoms with E-state index in [1.54, 1.807) is 25.3 Å². The molecule has 0 aliphatic carbocycles. The van der Waals surface area contributed by atoms with Crippen LogP contribution in [0.2, 0.25) is 0 Å². The van der Waals surface area contributed by atoms with Gasteiger partial charge in [0.25, 0.3) is 0 Å². The summed E-state index contributed by atoms with van der Waals surface area (Å²) in [7, 11) is 1.55. The average Bonchev–Trinajstić information content (AvgIpc) is 2.80. The van der Waals surface area contributed by atoms with Gasteiger partial charge in [-0.05, 0) is 22.6 Å². The highest BCUT2D eigenvalue weighted by Crippen LogP contribution is 2.08. The van der Waals surface area contributed by atoms with Crippen molar-refractivity contribution in [3.63, 3.8) is 0 Å². The molecule has 0 aliphatic heterocycles. The van der Waals surface area contributed by atoms with Gasteiger partial charge in [-0.25, -0.2) is 10.2 Å². The number of amides is 2. The molecular formula is C11H13N5O4. The number of hydrogen-bond acceptors (Lipinski definition) is 6. The molecule has 2 N–H and O–H groups in total. The van der Waals surface area contributed by atoms with Crippen LogP contribution in [0.5, 0.6) is 0 Å². The van der Waals surface area contributed by atoms with Gasteiger partial charge in [0.05, 0.1) is 12.8 Å². The molecule has 2 aromatic rings. The maximum absolute atomic E-state index is 11.3. The van der Waals surface area contributed by atoms with E-state index < -0.39 is 6.03 Å². The summed E-state index contributed by atoms with van der Waals surface area (Å²) in [5, 5.41) is 21.0. The Labute approximate surface area is 113 Å². The molecule has 0 saturated heterocycles. The van der Waals surface area contributed by atoms with Gasteiger partial charge in [-0.15, -0.1) is 0 Å². The van der Waals surface area contributed by atoms with Crippen LogP contribution >= 0.6 is 0 Å². The highest BCUT2D eigenvalue weighted by atomic mass is 16.8. The van der Waals surface area contributed by atoms with Crippen LogP contribution in [-0.2, 0) is 4.74 Å². The quantitative estimate of drug-likeness (QED) is 0.338. The molecule has 0 spiro atoms. The van der Waals surface area contributed by atoms with Crippen LogP contribution in [0.1, 0.15) is 5.56 Å². The molecule has 1 heterocycles. The first-order valence-electron chi connectivity index (χ1n) is 5.76. The lowest BCUT2D eigenvalue weighted by atomic mass is 10.2. The zero-order valence-electron chi connectivity index (χ0n) is 10.7. The third-order valence-corrected chi connectivity index (χ3v) is 2.38. The van der Waals surface area contributed by atoms with E-state index in [0.717, 1.165) is 0 Å². The number of methoxy groups -OCH3 is 1. The molecule has 0 fully saturated rings. The Balaban J connectivity index is 1.91. The van der Waals surface area contributed by atoms with E-state index in [9.17, 15) is 10.0 Å². The first-order valence-corrected chi connectivity index (χ1v) is 5.76. The number of ether oxygens (including phenoxy) is 1. The van der Waals surface area contributed by atoms with E-state index in [0.29, 0.717) is 34.7 Å². The van der Waals surface area contributed by atoms with Gasteiger partial charge in [-0.3, -0.25) is 4.63 Å². The second-order valence-electron chi connectivity index (χ2n) is 3.80. The van der Waals surface area contributed by atoms with Crippen molar-refractivity contribution >= 4 is 23.3 Å². The van der Waals surface area contributed by atoms with E-state index in [4.69, 9.17) is 4.74 Å². The first-order chi connectivity index (χ1) is 9.70. The molecule has 2 rings (SSSR count). The van der Waals surface area contributed by atoms with Crippen molar-refractivity contribution < 1.29 is 19.1 Å². The van der Waals surface area contributed by atoms with Gasteiger partial charge in [0, 0.05) is 24.9 Å². The summed E-state index contributed by atoms with van der Waals surface area (Å²) in [6.07, 6.45) is 1.43. The Morgan fingerprint density at radius 2 is 2.50 bits per heavy atom. The fraction of sp³-hybridized carbons (Fsp3) is 0.273. The maximum Gasteiger partial charge on any atom is 0.335 e. The van der Waals surface area contributed by atoms with E-state index in [1.807, 2.05) is 0 Å². The molecule has 0 radical (unpaired) electrons. The molecule has 106 valence electrons. The number of carbonyl (C=O) groups is 1. The van der Waals surface area contributed by atoms with E-state index >= 15 is 0 Å². The van der Waals surface area contributed by atoms with Crippen LogP contribution in [0.3, 0.4) is 0 Å². The van der Waals surface area contributed by atoms with Gasteiger partial charge in [0.1, 0.15) is 0 Å². The van der Waals surface area contributed by atoms with Gasteiger partial charge in [-0.1, -0.05) is 0 Å². The number of aromatic nitrogens is 2. The van der Waals surface area contributed by atoms with Crippen molar-refractivity contribution in [1.82, 2.24) is 15.9 Å². The topological polar surface area (TPSA) is 116 Å². The number of carbonyl (C=O) groups excluding carboxylic acids is 1. The summed E-state index contributed by atoms with van der Waals surface area (Å²) >= 11 is 0. The second-order valence-corrected chi connectivity index (χ2v) is 3.80. The lowest BCUT2D eigenvalue weighted by molar-refractivity contribution is -0.782. The molecule has 2 amide bonds. The number of nitrogens with zero attached hydrogens (tertiary/aromatic N) is 3.